The first-order chi connectivity index (χ1) is 11.0. The molecule has 124 valence electrons. The second-order valence-electron chi connectivity index (χ2n) is 6.06. The minimum Gasteiger partial charge on any atom is -0.387 e. The Labute approximate surface area is 133 Å². The van der Waals surface area contributed by atoms with Gasteiger partial charge in [-0.1, -0.05) is 0 Å². The van der Waals surface area contributed by atoms with E-state index in [2.05, 4.69) is 20.1 Å². The summed E-state index contributed by atoms with van der Waals surface area (Å²) in [6.45, 7) is 3.63. The van der Waals surface area contributed by atoms with Crippen molar-refractivity contribution in [1.29, 1.82) is 0 Å². The predicted molar refractivity (Wildman–Crippen MR) is 80.9 cm³/mol. The van der Waals surface area contributed by atoms with Crippen LogP contribution in [0.5, 0.6) is 0 Å². The summed E-state index contributed by atoms with van der Waals surface area (Å²) in [6.07, 6.45) is 0.882. The van der Waals surface area contributed by atoms with E-state index in [1.807, 2.05) is 6.92 Å². The van der Waals surface area contributed by atoms with Gasteiger partial charge in [-0.2, -0.15) is 5.10 Å². The monoisotopic (exact) mass is 322 g/mol. The Morgan fingerprint density at radius 2 is 2.26 bits per heavy atom. The molecular formula is C16H20F2N4O. The number of aromatic amines is 1. The average molecular weight is 322 g/mol. The fourth-order valence-electron chi connectivity index (χ4n) is 3.09. The fourth-order valence-corrected chi connectivity index (χ4v) is 3.09. The van der Waals surface area contributed by atoms with Crippen LogP contribution < -0.4 is 0 Å². The van der Waals surface area contributed by atoms with Crippen molar-refractivity contribution in [3.63, 3.8) is 0 Å². The first-order valence-corrected chi connectivity index (χ1v) is 7.77. The van der Waals surface area contributed by atoms with E-state index in [9.17, 15) is 13.9 Å². The number of hydrogen-bond acceptors (Lipinski definition) is 4. The standard InChI is InChI=1S/C16H20F2N4O/c1-10-19-16(21-20-10)11-3-2-6-22(8-11)9-15(23)13-7-12(17)4-5-14(13)18/h4-5,7,11,15,23H,2-3,6,8-9H2,1H3,(H,19,20,21). The van der Waals surface area contributed by atoms with Crippen LogP contribution in [0.3, 0.4) is 0 Å². The lowest BCUT2D eigenvalue weighted by molar-refractivity contribution is 0.0919. The third-order valence-corrected chi connectivity index (χ3v) is 4.23. The van der Waals surface area contributed by atoms with Gasteiger partial charge >= 0.3 is 0 Å². The molecule has 2 aromatic rings. The molecule has 0 aliphatic carbocycles. The molecule has 1 saturated heterocycles. The van der Waals surface area contributed by atoms with Gasteiger partial charge in [0.2, 0.25) is 0 Å². The molecule has 5 nitrogen and oxygen atoms in total. The molecule has 2 unspecified atom stereocenters. The molecule has 1 aromatic heterocycles. The van der Waals surface area contributed by atoms with E-state index in [1.54, 1.807) is 0 Å². The number of hydrogen-bond donors (Lipinski definition) is 2. The van der Waals surface area contributed by atoms with Crippen LogP contribution in [0.1, 0.15) is 42.1 Å². The summed E-state index contributed by atoms with van der Waals surface area (Å²) in [5, 5.41) is 17.3. The SMILES string of the molecule is Cc1nc(C2CCCN(CC(O)c3cc(F)ccc3F)C2)n[nH]1. The van der Waals surface area contributed by atoms with Gasteiger partial charge in [-0.05, 0) is 44.5 Å². The van der Waals surface area contributed by atoms with Gasteiger partial charge in [0, 0.05) is 24.6 Å². The van der Waals surface area contributed by atoms with Crippen molar-refractivity contribution in [3.8, 4) is 0 Å². The molecule has 0 radical (unpaired) electrons. The van der Waals surface area contributed by atoms with E-state index in [0.29, 0.717) is 6.54 Å². The Hall–Kier alpha value is -1.86. The van der Waals surface area contributed by atoms with Crippen molar-refractivity contribution in [2.45, 2.75) is 31.8 Å². The first kappa shape index (κ1) is 16.0. The van der Waals surface area contributed by atoms with E-state index in [4.69, 9.17) is 0 Å². The summed E-state index contributed by atoms with van der Waals surface area (Å²) in [5.41, 5.74) is 0.000798. The zero-order valence-electron chi connectivity index (χ0n) is 13.0. The number of aliphatic hydroxyl groups excluding tert-OH is 1. The topological polar surface area (TPSA) is 65.0 Å². The molecule has 1 aliphatic rings. The number of nitrogens with zero attached hydrogens (tertiary/aromatic N) is 3. The highest BCUT2D eigenvalue weighted by Gasteiger charge is 2.26. The number of likely N-dealkylation sites (tertiary alicyclic amines) is 1. The van der Waals surface area contributed by atoms with Crippen LogP contribution in [0.4, 0.5) is 8.78 Å². The molecule has 23 heavy (non-hydrogen) atoms. The third-order valence-electron chi connectivity index (χ3n) is 4.23. The highest BCUT2D eigenvalue weighted by Crippen LogP contribution is 2.27. The fraction of sp³-hybridized carbons (Fsp3) is 0.500. The molecule has 2 heterocycles. The number of aliphatic hydroxyl groups is 1. The number of aryl methyl sites for hydroxylation is 1. The van der Waals surface area contributed by atoms with Crippen molar-refractivity contribution in [3.05, 3.63) is 47.0 Å². The minimum atomic E-state index is -1.06. The quantitative estimate of drug-likeness (QED) is 0.906. The van der Waals surface area contributed by atoms with E-state index < -0.39 is 17.7 Å². The highest BCUT2D eigenvalue weighted by atomic mass is 19.1. The van der Waals surface area contributed by atoms with E-state index in [1.165, 1.54) is 0 Å². The maximum absolute atomic E-state index is 13.7. The van der Waals surface area contributed by atoms with Gasteiger partial charge in [0.05, 0.1) is 6.10 Å². The van der Waals surface area contributed by atoms with Gasteiger partial charge < -0.3 is 5.11 Å². The number of benzene rings is 1. The van der Waals surface area contributed by atoms with Gasteiger partial charge in [0.15, 0.2) is 5.82 Å². The normalized spacial score (nSPS) is 20.6. The Morgan fingerprint density at radius 3 is 3.00 bits per heavy atom. The lowest BCUT2D eigenvalue weighted by atomic mass is 9.96. The summed E-state index contributed by atoms with van der Waals surface area (Å²) < 4.78 is 27.0. The third kappa shape index (κ3) is 3.73. The van der Waals surface area contributed by atoms with E-state index in [-0.39, 0.29) is 18.0 Å². The predicted octanol–water partition coefficient (Wildman–Crippen LogP) is 2.30. The van der Waals surface area contributed by atoms with Gasteiger partial charge in [0.25, 0.3) is 0 Å². The molecule has 2 N–H and O–H groups in total. The average Bonchev–Trinajstić information content (AvgIpc) is 2.96. The molecule has 2 atom stereocenters. The molecule has 0 saturated carbocycles. The van der Waals surface area contributed by atoms with Crippen LogP contribution in [0.25, 0.3) is 0 Å². The smallest absolute Gasteiger partial charge is 0.155 e. The summed E-state index contributed by atoms with van der Waals surface area (Å²) in [7, 11) is 0. The number of halogens is 2. The number of aromatic nitrogens is 3. The lowest BCUT2D eigenvalue weighted by Gasteiger charge is -2.32. The Balaban J connectivity index is 1.66. The van der Waals surface area contributed by atoms with E-state index in [0.717, 1.165) is 49.2 Å². The number of rotatable bonds is 4. The van der Waals surface area contributed by atoms with Crippen molar-refractivity contribution in [2.24, 2.45) is 0 Å². The van der Waals surface area contributed by atoms with Crippen molar-refractivity contribution >= 4 is 0 Å². The molecule has 0 spiro atoms. The van der Waals surface area contributed by atoms with Crippen LogP contribution in [0, 0.1) is 18.6 Å². The van der Waals surface area contributed by atoms with Gasteiger partial charge in [-0.3, -0.25) is 10.00 Å². The summed E-state index contributed by atoms with van der Waals surface area (Å²) in [6, 6.07) is 3.15. The van der Waals surface area contributed by atoms with Gasteiger partial charge in [-0.25, -0.2) is 13.8 Å². The Kier molecular flexibility index (Phi) is 4.68. The molecule has 0 bridgehead atoms. The van der Waals surface area contributed by atoms with Crippen LogP contribution in [0.15, 0.2) is 18.2 Å². The van der Waals surface area contributed by atoms with Crippen LogP contribution in [0.2, 0.25) is 0 Å². The zero-order chi connectivity index (χ0) is 16.4. The summed E-state index contributed by atoms with van der Waals surface area (Å²) >= 11 is 0. The van der Waals surface area contributed by atoms with Crippen molar-refractivity contribution in [2.75, 3.05) is 19.6 Å². The van der Waals surface area contributed by atoms with Gasteiger partial charge in [-0.15, -0.1) is 0 Å². The number of β-amino-alcohol motifs (C(OH)–C–C–N with tert-alkyl or cyclic N) is 1. The second kappa shape index (κ2) is 6.72. The maximum atomic E-state index is 13.7. The molecule has 1 aromatic carbocycles. The van der Waals surface area contributed by atoms with Crippen LogP contribution in [-0.2, 0) is 0 Å². The molecule has 7 heteroatoms. The van der Waals surface area contributed by atoms with Crippen LogP contribution >= 0.6 is 0 Å². The Morgan fingerprint density at radius 1 is 1.43 bits per heavy atom. The maximum Gasteiger partial charge on any atom is 0.155 e. The zero-order valence-corrected chi connectivity index (χ0v) is 13.0. The second-order valence-corrected chi connectivity index (χ2v) is 6.06. The van der Waals surface area contributed by atoms with Crippen molar-refractivity contribution in [1.82, 2.24) is 20.1 Å². The minimum absolute atomic E-state index is 0.000798. The molecule has 1 fully saturated rings. The molecule has 0 amide bonds. The molecular weight excluding hydrogens is 302 g/mol. The number of piperidine rings is 1. The van der Waals surface area contributed by atoms with Crippen LogP contribution in [-0.4, -0.2) is 44.8 Å². The van der Waals surface area contributed by atoms with Gasteiger partial charge in [0.1, 0.15) is 17.5 Å². The summed E-state index contributed by atoms with van der Waals surface area (Å²) in [5.74, 6) is 0.612. The molecule has 3 rings (SSSR count). The Bertz CT molecular complexity index is 676. The first-order valence-electron chi connectivity index (χ1n) is 7.77. The largest absolute Gasteiger partial charge is 0.387 e. The van der Waals surface area contributed by atoms with Crippen molar-refractivity contribution < 1.29 is 13.9 Å². The lowest BCUT2D eigenvalue weighted by Crippen LogP contribution is -2.37. The van der Waals surface area contributed by atoms with E-state index >= 15 is 0 Å². The number of H-pyrrole nitrogens is 1. The molecule has 1 aliphatic heterocycles. The highest BCUT2D eigenvalue weighted by molar-refractivity contribution is 5.21. The summed E-state index contributed by atoms with van der Waals surface area (Å²) in [4.78, 5) is 6.42. The number of nitrogens with one attached hydrogen (secondary N) is 1.